The quantitative estimate of drug-likeness (QED) is 0.725. The zero-order valence-electron chi connectivity index (χ0n) is 8.21. The molecule has 0 aliphatic rings. The molecule has 74 valence electrons. The van der Waals surface area contributed by atoms with Crippen LogP contribution in [0, 0.1) is 5.41 Å². The van der Waals surface area contributed by atoms with Gasteiger partial charge in [-0.15, -0.1) is 0 Å². The highest BCUT2D eigenvalue weighted by molar-refractivity contribution is 5.04. The largest absolute Gasteiger partial charge is 0.472 e. The summed E-state index contributed by atoms with van der Waals surface area (Å²) in [4.78, 5) is 0. The maximum atomic E-state index is 8.99. The van der Waals surface area contributed by atoms with E-state index in [4.69, 9.17) is 9.52 Å². The van der Waals surface area contributed by atoms with Crippen LogP contribution in [-0.2, 0) is 6.54 Å². The van der Waals surface area contributed by atoms with Crippen molar-refractivity contribution in [1.29, 1.82) is 0 Å². The Kier molecular flexibility index (Phi) is 3.51. The zero-order valence-corrected chi connectivity index (χ0v) is 8.21. The van der Waals surface area contributed by atoms with Crippen LogP contribution in [0.25, 0.3) is 0 Å². The summed E-state index contributed by atoms with van der Waals surface area (Å²) < 4.78 is 4.93. The van der Waals surface area contributed by atoms with Crippen molar-refractivity contribution in [2.75, 3.05) is 13.2 Å². The summed E-state index contributed by atoms with van der Waals surface area (Å²) in [5.41, 5.74) is 1.08. The summed E-state index contributed by atoms with van der Waals surface area (Å²) in [6.07, 6.45) is 3.38. The molecule has 0 aliphatic carbocycles. The monoisotopic (exact) mass is 183 g/mol. The van der Waals surface area contributed by atoms with E-state index in [9.17, 15) is 0 Å². The molecule has 0 fully saturated rings. The van der Waals surface area contributed by atoms with E-state index >= 15 is 0 Å². The molecule has 0 radical (unpaired) electrons. The minimum absolute atomic E-state index is 0.0518. The molecule has 1 aromatic rings. The third-order valence-corrected chi connectivity index (χ3v) is 1.94. The van der Waals surface area contributed by atoms with Crippen molar-refractivity contribution in [1.82, 2.24) is 5.32 Å². The molecule has 0 aliphatic heterocycles. The number of hydrogen-bond acceptors (Lipinski definition) is 3. The van der Waals surface area contributed by atoms with E-state index in [2.05, 4.69) is 5.32 Å². The van der Waals surface area contributed by atoms with Crippen LogP contribution in [-0.4, -0.2) is 18.3 Å². The van der Waals surface area contributed by atoms with Crippen molar-refractivity contribution < 1.29 is 9.52 Å². The fraction of sp³-hybridized carbons (Fsp3) is 0.600. The van der Waals surface area contributed by atoms with Gasteiger partial charge in [0.15, 0.2) is 0 Å². The van der Waals surface area contributed by atoms with Crippen molar-refractivity contribution in [2.24, 2.45) is 5.41 Å². The Morgan fingerprint density at radius 3 is 2.85 bits per heavy atom. The Bertz CT molecular complexity index is 229. The van der Waals surface area contributed by atoms with E-state index in [1.165, 1.54) is 0 Å². The lowest BCUT2D eigenvalue weighted by Crippen LogP contribution is -2.31. The molecule has 1 heterocycles. The first-order chi connectivity index (χ1) is 6.14. The second kappa shape index (κ2) is 4.44. The summed E-state index contributed by atoms with van der Waals surface area (Å²) in [5.74, 6) is 0. The van der Waals surface area contributed by atoms with E-state index < -0.39 is 0 Å². The molecule has 1 rings (SSSR count). The van der Waals surface area contributed by atoms with Gasteiger partial charge >= 0.3 is 0 Å². The third kappa shape index (κ3) is 3.61. The Labute approximate surface area is 78.8 Å². The lowest BCUT2D eigenvalue weighted by Gasteiger charge is -2.21. The Hall–Kier alpha value is -0.800. The average molecular weight is 183 g/mol. The average Bonchev–Trinajstić information content (AvgIpc) is 2.57. The molecule has 0 spiro atoms. The first-order valence-electron chi connectivity index (χ1n) is 4.47. The predicted octanol–water partition coefficient (Wildman–Crippen LogP) is 1.39. The van der Waals surface area contributed by atoms with Gasteiger partial charge in [-0.1, -0.05) is 13.8 Å². The Balaban J connectivity index is 2.21. The van der Waals surface area contributed by atoms with Crippen LogP contribution in [0.5, 0.6) is 0 Å². The smallest absolute Gasteiger partial charge is 0.0947 e. The molecule has 3 heteroatoms. The fourth-order valence-corrected chi connectivity index (χ4v) is 0.994. The third-order valence-electron chi connectivity index (χ3n) is 1.94. The van der Waals surface area contributed by atoms with Crippen LogP contribution in [0.15, 0.2) is 23.0 Å². The minimum Gasteiger partial charge on any atom is -0.472 e. The van der Waals surface area contributed by atoms with Crippen LogP contribution in [0.3, 0.4) is 0 Å². The molecule has 3 nitrogen and oxygen atoms in total. The molecule has 0 saturated heterocycles. The standard InChI is InChI=1S/C10H17NO2/c1-10(2,8-12)7-11-5-9-3-4-13-6-9/h3-4,6,11-12H,5,7-8H2,1-2H3. The van der Waals surface area contributed by atoms with Crippen molar-refractivity contribution >= 4 is 0 Å². The highest BCUT2D eigenvalue weighted by Gasteiger charge is 2.15. The summed E-state index contributed by atoms with van der Waals surface area (Å²) >= 11 is 0. The molecule has 1 aromatic heterocycles. The van der Waals surface area contributed by atoms with E-state index in [-0.39, 0.29) is 12.0 Å². The molecule has 2 N–H and O–H groups in total. The second-order valence-electron chi connectivity index (χ2n) is 4.06. The van der Waals surface area contributed by atoms with Crippen molar-refractivity contribution in [2.45, 2.75) is 20.4 Å². The zero-order chi connectivity index (χ0) is 9.73. The van der Waals surface area contributed by atoms with Crippen LogP contribution < -0.4 is 5.32 Å². The molecule has 0 amide bonds. The van der Waals surface area contributed by atoms with Gasteiger partial charge in [-0.05, 0) is 6.07 Å². The topological polar surface area (TPSA) is 45.4 Å². The summed E-state index contributed by atoms with van der Waals surface area (Å²) in [7, 11) is 0. The van der Waals surface area contributed by atoms with E-state index in [1.54, 1.807) is 12.5 Å². The summed E-state index contributed by atoms with van der Waals surface area (Å²) in [6.45, 7) is 5.84. The van der Waals surface area contributed by atoms with E-state index in [0.717, 1.165) is 18.7 Å². The van der Waals surface area contributed by atoms with Gasteiger partial charge in [-0.25, -0.2) is 0 Å². The van der Waals surface area contributed by atoms with Gasteiger partial charge in [-0.2, -0.15) is 0 Å². The minimum atomic E-state index is -0.0518. The molecular formula is C10H17NO2. The highest BCUT2D eigenvalue weighted by Crippen LogP contribution is 2.11. The van der Waals surface area contributed by atoms with Gasteiger partial charge in [0, 0.05) is 30.7 Å². The van der Waals surface area contributed by atoms with Crippen LogP contribution in [0.1, 0.15) is 19.4 Å². The molecule has 13 heavy (non-hydrogen) atoms. The Morgan fingerprint density at radius 2 is 2.31 bits per heavy atom. The molecule has 0 bridgehead atoms. The summed E-state index contributed by atoms with van der Waals surface area (Å²) in [5, 5.41) is 12.3. The van der Waals surface area contributed by atoms with Gasteiger partial charge < -0.3 is 14.8 Å². The van der Waals surface area contributed by atoms with Crippen molar-refractivity contribution in [3.63, 3.8) is 0 Å². The highest BCUT2D eigenvalue weighted by atomic mass is 16.3. The first kappa shape index (κ1) is 10.3. The van der Waals surface area contributed by atoms with Crippen LogP contribution in [0.2, 0.25) is 0 Å². The number of rotatable bonds is 5. The molecular weight excluding hydrogens is 166 g/mol. The second-order valence-corrected chi connectivity index (χ2v) is 4.06. The number of aliphatic hydroxyl groups excluding tert-OH is 1. The van der Waals surface area contributed by atoms with Crippen molar-refractivity contribution in [3.05, 3.63) is 24.2 Å². The van der Waals surface area contributed by atoms with Gasteiger partial charge in [-0.3, -0.25) is 0 Å². The van der Waals surface area contributed by atoms with E-state index in [1.807, 2.05) is 19.9 Å². The number of aliphatic hydroxyl groups is 1. The van der Waals surface area contributed by atoms with Gasteiger partial charge in [0.05, 0.1) is 12.5 Å². The van der Waals surface area contributed by atoms with Crippen molar-refractivity contribution in [3.8, 4) is 0 Å². The lowest BCUT2D eigenvalue weighted by molar-refractivity contribution is 0.156. The fourth-order valence-electron chi connectivity index (χ4n) is 0.994. The molecule has 0 saturated carbocycles. The maximum Gasteiger partial charge on any atom is 0.0947 e. The predicted molar refractivity (Wildman–Crippen MR) is 51.3 cm³/mol. The maximum absolute atomic E-state index is 8.99. The number of furan rings is 1. The number of hydrogen-bond donors (Lipinski definition) is 2. The van der Waals surface area contributed by atoms with Crippen LogP contribution >= 0.6 is 0 Å². The van der Waals surface area contributed by atoms with Gasteiger partial charge in [0.25, 0.3) is 0 Å². The molecule has 0 atom stereocenters. The normalized spacial score (nSPS) is 11.9. The lowest BCUT2D eigenvalue weighted by atomic mass is 9.95. The van der Waals surface area contributed by atoms with Gasteiger partial charge in [0.2, 0.25) is 0 Å². The van der Waals surface area contributed by atoms with Crippen LogP contribution in [0.4, 0.5) is 0 Å². The van der Waals surface area contributed by atoms with E-state index in [0.29, 0.717) is 0 Å². The Morgan fingerprint density at radius 1 is 1.54 bits per heavy atom. The molecule has 0 unspecified atom stereocenters. The SMILES string of the molecule is CC(C)(CO)CNCc1ccoc1. The van der Waals surface area contributed by atoms with Gasteiger partial charge in [0.1, 0.15) is 0 Å². The molecule has 0 aromatic carbocycles. The first-order valence-corrected chi connectivity index (χ1v) is 4.47. The number of nitrogens with one attached hydrogen (secondary N) is 1. The summed E-state index contributed by atoms with van der Waals surface area (Å²) in [6, 6.07) is 1.93.